The maximum Gasteiger partial charge on any atom is 0.162 e. The molecule has 0 atom stereocenters. The van der Waals surface area contributed by atoms with Crippen LogP contribution in [-0.4, -0.2) is 15.0 Å². The highest BCUT2D eigenvalue weighted by Gasteiger charge is 2.11. The summed E-state index contributed by atoms with van der Waals surface area (Å²) in [5.74, 6) is 0.645. The minimum Gasteiger partial charge on any atom is -0.265 e. The second kappa shape index (κ2) is 4.05. The Morgan fingerprint density at radius 3 is 2.71 bits per heavy atom. The summed E-state index contributed by atoms with van der Waals surface area (Å²) in [7, 11) is 0. The molecule has 0 bridgehead atoms. The maximum absolute atomic E-state index is 6.20. The Balaban J connectivity index is 2.26. The van der Waals surface area contributed by atoms with Gasteiger partial charge in [0, 0.05) is 18.0 Å². The van der Waals surface area contributed by atoms with Gasteiger partial charge in [0.15, 0.2) is 5.82 Å². The van der Waals surface area contributed by atoms with Crippen LogP contribution >= 0.6 is 22.9 Å². The van der Waals surface area contributed by atoms with Crippen LogP contribution < -0.4 is 0 Å². The molecule has 0 spiro atoms. The topological polar surface area (TPSA) is 38.7 Å². The van der Waals surface area contributed by atoms with Crippen LogP contribution in [0.3, 0.4) is 0 Å². The molecule has 0 aliphatic carbocycles. The van der Waals surface area contributed by atoms with Crippen LogP contribution in [0.5, 0.6) is 0 Å². The van der Waals surface area contributed by atoms with Crippen LogP contribution in [0, 0.1) is 6.92 Å². The summed E-state index contributed by atoms with van der Waals surface area (Å²) in [4.78, 5) is 13.8. The highest BCUT2D eigenvalue weighted by atomic mass is 35.5. The van der Waals surface area contributed by atoms with Gasteiger partial charge in [-0.1, -0.05) is 11.6 Å². The van der Waals surface area contributed by atoms with Gasteiger partial charge in [0.2, 0.25) is 0 Å². The third-order valence-corrected chi connectivity index (χ3v) is 3.78. The number of hydrogen-bond acceptors (Lipinski definition) is 4. The summed E-state index contributed by atoms with van der Waals surface area (Å²) in [5, 5.41) is 3.51. The van der Waals surface area contributed by atoms with Crippen molar-refractivity contribution in [1.82, 2.24) is 15.0 Å². The largest absolute Gasteiger partial charge is 0.265 e. The van der Waals surface area contributed by atoms with Gasteiger partial charge in [0.05, 0.1) is 5.39 Å². The van der Waals surface area contributed by atoms with E-state index in [-0.39, 0.29) is 0 Å². The van der Waals surface area contributed by atoms with E-state index in [0.717, 1.165) is 21.3 Å². The molecule has 0 saturated carbocycles. The summed E-state index contributed by atoms with van der Waals surface area (Å²) in [6.45, 7) is 2.01. The van der Waals surface area contributed by atoms with Gasteiger partial charge in [-0.15, -0.1) is 11.3 Å². The van der Waals surface area contributed by atoms with Crippen molar-refractivity contribution >= 4 is 33.2 Å². The number of aromatic nitrogens is 3. The van der Waals surface area contributed by atoms with Crippen molar-refractivity contribution in [2.75, 3.05) is 0 Å². The number of aryl methyl sites for hydroxylation is 1. The first-order valence-corrected chi connectivity index (χ1v) is 6.33. The van der Waals surface area contributed by atoms with E-state index in [9.17, 15) is 0 Å². The van der Waals surface area contributed by atoms with E-state index >= 15 is 0 Å². The molecule has 0 aromatic carbocycles. The molecule has 0 unspecified atom stereocenters. The lowest BCUT2D eigenvalue weighted by molar-refractivity contribution is 1.22. The van der Waals surface area contributed by atoms with E-state index in [4.69, 9.17) is 11.6 Å². The third kappa shape index (κ3) is 1.79. The Morgan fingerprint density at radius 1 is 1.18 bits per heavy atom. The first-order valence-electron chi connectivity index (χ1n) is 5.07. The van der Waals surface area contributed by atoms with Crippen LogP contribution in [0.4, 0.5) is 0 Å². The van der Waals surface area contributed by atoms with Crippen molar-refractivity contribution in [3.63, 3.8) is 0 Å². The smallest absolute Gasteiger partial charge is 0.162 e. The third-order valence-electron chi connectivity index (χ3n) is 2.51. The van der Waals surface area contributed by atoms with Crippen molar-refractivity contribution in [2.24, 2.45) is 0 Å². The first kappa shape index (κ1) is 10.6. The molecule has 0 aliphatic heterocycles. The van der Waals surface area contributed by atoms with E-state index < -0.39 is 0 Å². The molecule has 84 valence electrons. The standard InChI is InChI=1S/C12H8ClN3S/c1-7-6-17-12-9(7)10(13)15-11(16-12)8-2-4-14-5-3-8/h2-6H,1H3. The Labute approximate surface area is 107 Å². The number of hydrogen-bond donors (Lipinski definition) is 0. The number of fused-ring (bicyclic) bond motifs is 1. The van der Waals surface area contributed by atoms with E-state index in [1.165, 1.54) is 0 Å². The van der Waals surface area contributed by atoms with Crippen molar-refractivity contribution in [2.45, 2.75) is 6.92 Å². The van der Waals surface area contributed by atoms with Crippen molar-refractivity contribution in [1.29, 1.82) is 0 Å². The minimum atomic E-state index is 0.514. The zero-order valence-electron chi connectivity index (χ0n) is 9.01. The molecule has 3 nitrogen and oxygen atoms in total. The van der Waals surface area contributed by atoms with Gasteiger partial charge in [-0.25, -0.2) is 9.97 Å². The quantitative estimate of drug-likeness (QED) is 0.627. The molecule has 0 N–H and O–H groups in total. The van der Waals surface area contributed by atoms with Crippen molar-refractivity contribution in [3.05, 3.63) is 40.6 Å². The van der Waals surface area contributed by atoms with Crippen LogP contribution in [0.15, 0.2) is 29.9 Å². The molecule has 0 fully saturated rings. The van der Waals surface area contributed by atoms with Gasteiger partial charge in [0.25, 0.3) is 0 Å². The average molecular weight is 262 g/mol. The molecule has 5 heteroatoms. The molecular formula is C12H8ClN3S. The second-order valence-electron chi connectivity index (χ2n) is 3.67. The predicted molar refractivity (Wildman–Crippen MR) is 70.4 cm³/mol. The summed E-state index contributed by atoms with van der Waals surface area (Å²) in [5.41, 5.74) is 2.05. The molecule has 3 aromatic rings. The van der Waals surface area contributed by atoms with Crippen molar-refractivity contribution < 1.29 is 0 Å². The lowest BCUT2D eigenvalue weighted by Crippen LogP contribution is -1.90. The van der Waals surface area contributed by atoms with Crippen LogP contribution in [-0.2, 0) is 0 Å². The first-order chi connectivity index (χ1) is 8.25. The van der Waals surface area contributed by atoms with Gasteiger partial charge >= 0.3 is 0 Å². The Bertz CT molecular complexity index is 679. The fourth-order valence-electron chi connectivity index (χ4n) is 1.66. The van der Waals surface area contributed by atoms with E-state index in [1.54, 1.807) is 23.7 Å². The maximum atomic E-state index is 6.20. The number of pyridine rings is 1. The number of halogens is 1. The summed E-state index contributed by atoms with van der Waals surface area (Å²) in [6.07, 6.45) is 3.44. The average Bonchev–Trinajstić information content (AvgIpc) is 2.73. The van der Waals surface area contributed by atoms with Gasteiger partial charge < -0.3 is 0 Å². The van der Waals surface area contributed by atoms with Gasteiger partial charge in [-0.3, -0.25) is 4.98 Å². The summed E-state index contributed by atoms with van der Waals surface area (Å²) >= 11 is 7.78. The predicted octanol–water partition coefficient (Wildman–Crippen LogP) is 3.72. The minimum absolute atomic E-state index is 0.514. The van der Waals surface area contributed by atoms with Crippen molar-refractivity contribution in [3.8, 4) is 11.4 Å². The summed E-state index contributed by atoms with van der Waals surface area (Å²) < 4.78 is 0. The fraction of sp³-hybridized carbons (Fsp3) is 0.0833. The van der Waals surface area contributed by atoms with Crippen LogP contribution in [0.2, 0.25) is 5.15 Å². The zero-order chi connectivity index (χ0) is 11.8. The molecular weight excluding hydrogens is 254 g/mol. The van der Waals surface area contributed by atoms with Crippen LogP contribution in [0.25, 0.3) is 21.6 Å². The summed E-state index contributed by atoms with van der Waals surface area (Å²) in [6, 6.07) is 3.75. The van der Waals surface area contributed by atoms with E-state index in [0.29, 0.717) is 11.0 Å². The van der Waals surface area contributed by atoms with Gasteiger partial charge in [-0.2, -0.15) is 0 Å². The lowest BCUT2D eigenvalue weighted by atomic mass is 10.2. The second-order valence-corrected chi connectivity index (χ2v) is 4.89. The molecule has 3 aromatic heterocycles. The van der Waals surface area contributed by atoms with E-state index in [2.05, 4.69) is 15.0 Å². The fourth-order valence-corrected chi connectivity index (χ4v) is 2.96. The molecule has 0 aliphatic rings. The monoisotopic (exact) mass is 261 g/mol. The lowest BCUT2D eigenvalue weighted by Gasteiger charge is -2.01. The SMILES string of the molecule is Cc1csc2nc(-c3ccncc3)nc(Cl)c12. The zero-order valence-corrected chi connectivity index (χ0v) is 10.6. The molecule has 0 radical (unpaired) electrons. The number of nitrogens with zero attached hydrogens (tertiary/aromatic N) is 3. The van der Waals surface area contributed by atoms with Gasteiger partial charge in [-0.05, 0) is 30.0 Å². The van der Waals surface area contributed by atoms with Crippen LogP contribution in [0.1, 0.15) is 5.56 Å². The normalized spacial score (nSPS) is 10.9. The Morgan fingerprint density at radius 2 is 1.94 bits per heavy atom. The number of rotatable bonds is 1. The molecule has 0 saturated heterocycles. The molecule has 3 rings (SSSR count). The highest BCUT2D eigenvalue weighted by Crippen LogP contribution is 2.31. The number of thiophene rings is 1. The molecule has 3 heterocycles. The Kier molecular flexibility index (Phi) is 2.53. The highest BCUT2D eigenvalue weighted by molar-refractivity contribution is 7.17. The molecule has 0 amide bonds. The van der Waals surface area contributed by atoms with E-state index in [1.807, 2.05) is 24.4 Å². The Hall–Kier alpha value is -1.52. The van der Waals surface area contributed by atoms with Gasteiger partial charge in [0.1, 0.15) is 9.98 Å². The molecule has 17 heavy (non-hydrogen) atoms.